The first kappa shape index (κ1) is 17.2. The fraction of sp³-hybridized carbons (Fsp3) is 0. The summed E-state index contributed by atoms with van der Waals surface area (Å²) >= 11 is 0. The van der Waals surface area contributed by atoms with Crippen molar-refractivity contribution in [3.63, 3.8) is 0 Å². The first-order valence-electron chi connectivity index (χ1n) is 4.97. The lowest BCUT2D eigenvalue weighted by Crippen LogP contribution is -1.99. The predicted octanol–water partition coefficient (Wildman–Crippen LogP) is -0.823. The van der Waals surface area contributed by atoms with Crippen molar-refractivity contribution < 1.29 is 26.3 Å². The normalized spacial score (nSPS) is 9.20. The maximum Gasteiger partial charge on any atom is 0.354 e. The highest BCUT2D eigenvalue weighted by molar-refractivity contribution is 5.92. The lowest BCUT2D eigenvalue weighted by atomic mass is 10.3. The number of aromatic amines is 2. The van der Waals surface area contributed by atoms with Crippen LogP contribution in [0.3, 0.4) is 0 Å². The molecule has 0 saturated heterocycles. The fourth-order valence-electron chi connectivity index (χ4n) is 1.70. The average molecular weight is 282 g/mol. The Morgan fingerprint density at radius 3 is 2.50 bits per heavy atom. The van der Waals surface area contributed by atoms with Crippen LogP contribution in [0.15, 0.2) is 30.6 Å². The summed E-state index contributed by atoms with van der Waals surface area (Å²) in [4.78, 5) is 24.8. The van der Waals surface area contributed by atoms with Crippen LogP contribution in [0, 0.1) is 0 Å². The molecule has 0 spiro atoms. The third-order valence-electron chi connectivity index (χ3n) is 2.47. The van der Waals surface area contributed by atoms with E-state index in [4.69, 9.17) is 5.11 Å². The zero-order valence-corrected chi connectivity index (χ0v) is 10.1. The highest BCUT2D eigenvalue weighted by atomic mass is 16.4. The molecule has 0 aliphatic heterocycles. The van der Waals surface area contributed by atoms with Gasteiger partial charge in [-0.3, -0.25) is 0 Å². The van der Waals surface area contributed by atoms with Gasteiger partial charge in [0, 0.05) is 0 Å². The maximum absolute atomic E-state index is 11.0. The Hall–Kier alpha value is -2.75. The summed E-state index contributed by atoms with van der Waals surface area (Å²) in [5.41, 5.74) is 1.97. The molecule has 0 radical (unpaired) electrons. The van der Waals surface area contributed by atoms with Gasteiger partial charge in [-0.25, -0.2) is 14.8 Å². The van der Waals surface area contributed by atoms with Crippen LogP contribution < -0.4 is 0 Å². The molecule has 0 aliphatic rings. The Morgan fingerprint density at radius 1 is 1.15 bits per heavy atom. The molecular weight excluding hydrogens is 268 g/mol. The van der Waals surface area contributed by atoms with Gasteiger partial charge in [-0.1, -0.05) is 12.1 Å². The van der Waals surface area contributed by atoms with Crippen molar-refractivity contribution in [2.45, 2.75) is 0 Å². The fourth-order valence-corrected chi connectivity index (χ4v) is 1.70. The summed E-state index contributed by atoms with van der Waals surface area (Å²) in [6, 6.07) is 7.48. The minimum absolute atomic E-state index is 0. The number of hydrogen-bond donors (Lipinski definition) is 3. The third kappa shape index (κ3) is 2.64. The van der Waals surface area contributed by atoms with Gasteiger partial charge in [-0.2, -0.15) is 0 Å². The Labute approximate surface area is 112 Å². The first-order valence-corrected chi connectivity index (χ1v) is 4.97. The van der Waals surface area contributed by atoms with Gasteiger partial charge in [0.1, 0.15) is 5.69 Å². The highest BCUT2D eigenvalue weighted by Crippen LogP contribution is 2.20. The Balaban J connectivity index is 0.00000120. The number of carboxylic acids is 1. The van der Waals surface area contributed by atoms with Crippen LogP contribution in [0.1, 0.15) is 10.5 Å². The number of benzene rings is 1. The molecule has 1 aromatic carbocycles. The van der Waals surface area contributed by atoms with Gasteiger partial charge in [0.2, 0.25) is 0 Å². The van der Waals surface area contributed by atoms with E-state index in [2.05, 4.69) is 19.9 Å². The molecule has 0 amide bonds. The molecule has 0 unspecified atom stereocenters. The van der Waals surface area contributed by atoms with Gasteiger partial charge < -0.3 is 31.5 Å². The number of H-pyrrole nitrogens is 2. The molecule has 108 valence electrons. The number of aromatic nitrogens is 4. The monoisotopic (exact) mass is 282 g/mol. The van der Waals surface area contributed by atoms with E-state index in [1.807, 2.05) is 24.3 Å². The maximum atomic E-state index is 11.0. The SMILES string of the molecule is O.O.O.O=C(O)c1[nH]cnc1-c1nc2ccccc2[nH]1. The van der Waals surface area contributed by atoms with E-state index in [0.29, 0.717) is 11.5 Å². The number of nitrogens with zero attached hydrogens (tertiary/aromatic N) is 2. The molecule has 2 aromatic heterocycles. The Bertz CT molecular complexity index is 672. The molecule has 0 atom stereocenters. The topological polar surface area (TPSA) is 189 Å². The van der Waals surface area contributed by atoms with Crippen LogP contribution in [0.4, 0.5) is 0 Å². The number of rotatable bonds is 2. The molecule has 0 fully saturated rings. The predicted molar refractivity (Wildman–Crippen MR) is 71.5 cm³/mol. The summed E-state index contributed by atoms with van der Waals surface area (Å²) < 4.78 is 0. The number of aromatic carboxylic acids is 1. The van der Waals surface area contributed by atoms with E-state index in [9.17, 15) is 4.79 Å². The molecule has 2 heterocycles. The van der Waals surface area contributed by atoms with Gasteiger partial charge in [-0.15, -0.1) is 0 Å². The summed E-state index contributed by atoms with van der Waals surface area (Å²) in [6.45, 7) is 0. The van der Waals surface area contributed by atoms with Crippen LogP contribution in [-0.4, -0.2) is 47.4 Å². The van der Waals surface area contributed by atoms with Crippen molar-refractivity contribution in [3.8, 4) is 11.5 Å². The standard InChI is InChI=1S/C11H8N4O2.3H2O/c16-11(17)9-8(12-5-13-9)10-14-6-3-1-2-4-7(6)15-10;;;/h1-5H,(H,12,13)(H,14,15)(H,16,17);3*1H2. The van der Waals surface area contributed by atoms with E-state index in [-0.39, 0.29) is 22.1 Å². The quantitative estimate of drug-likeness (QED) is 0.553. The van der Waals surface area contributed by atoms with Crippen molar-refractivity contribution in [1.29, 1.82) is 0 Å². The minimum Gasteiger partial charge on any atom is -0.477 e. The second-order valence-corrected chi connectivity index (χ2v) is 3.53. The lowest BCUT2D eigenvalue weighted by molar-refractivity contribution is 0.0692. The molecule has 3 rings (SSSR count). The molecule has 20 heavy (non-hydrogen) atoms. The second-order valence-electron chi connectivity index (χ2n) is 3.53. The highest BCUT2D eigenvalue weighted by Gasteiger charge is 2.17. The second kappa shape index (κ2) is 6.43. The minimum atomic E-state index is -1.06. The number of nitrogens with one attached hydrogen (secondary N) is 2. The zero-order chi connectivity index (χ0) is 11.8. The average Bonchev–Trinajstić information content (AvgIpc) is 2.95. The molecule has 9 N–H and O–H groups in total. The summed E-state index contributed by atoms with van der Waals surface area (Å²) in [5.74, 6) is -0.609. The van der Waals surface area contributed by atoms with Crippen molar-refractivity contribution in [2.24, 2.45) is 0 Å². The number of imidazole rings is 2. The molecule has 0 bridgehead atoms. The Kier molecular flexibility index (Phi) is 5.54. The van der Waals surface area contributed by atoms with Crippen molar-refractivity contribution in [1.82, 2.24) is 19.9 Å². The van der Waals surface area contributed by atoms with Crippen LogP contribution >= 0.6 is 0 Å². The number of hydrogen-bond acceptors (Lipinski definition) is 3. The molecule has 9 heteroatoms. The van der Waals surface area contributed by atoms with Crippen LogP contribution in [0.2, 0.25) is 0 Å². The molecular formula is C11H14N4O5. The summed E-state index contributed by atoms with van der Waals surface area (Å²) in [7, 11) is 0. The number of fused-ring (bicyclic) bond motifs is 1. The van der Waals surface area contributed by atoms with Gasteiger partial charge in [0.25, 0.3) is 0 Å². The van der Waals surface area contributed by atoms with Crippen molar-refractivity contribution in [2.75, 3.05) is 0 Å². The van der Waals surface area contributed by atoms with E-state index in [0.717, 1.165) is 11.0 Å². The third-order valence-corrected chi connectivity index (χ3v) is 2.47. The van der Waals surface area contributed by atoms with E-state index in [1.165, 1.54) is 6.33 Å². The summed E-state index contributed by atoms with van der Waals surface area (Å²) in [6.07, 6.45) is 1.34. The Morgan fingerprint density at radius 2 is 1.85 bits per heavy atom. The first-order chi connectivity index (χ1) is 8.25. The van der Waals surface area contributed by atoms with E-state index >= 15 is 0 Å². The largest absolute Gasteiger partial charge is 0.477 e. The smallest absolute Gasteiger partial charge is 0.354 e. The number of para-hydroxylation sites is 2. The van der Waals surface area contributed by atoms with Gasteiger partial charge in [0.05, 0.1) is 17.4 Å². The van der Waals surface area contributed by atoms with Crippen LogP contribution in [-0.2, 0) is 0 Å². The molecule has 3 aromatic rings. The van der Waals surface area contributed by atoms with E-state index < -0.39 is 5.97 Å². The lowest BCUT2D eigenvalue weighted by Gasteiger charge is -1.92. The molecule has 0 saturated carbocycles. The van der Waals surface area contributed by atoms with Crippen LogP contribution in [0.25, 0.3) is 22.6 Å². The van der Waals surface area contributed by atoms with Crippen molar-refractivity contribution >= 4 is 17.0 Å². The van der Waals surface area contributed by atoms with Gasteiger partial charge in [-0.05, 0) is 12.1 Å². The van der Waals surface area contributed by atoms with Crippen molar-refractivity contribution in [3.05, 3.63) is 36.3 Å². The van der Waals surface area contributed by atoms with E-state index in [1.54, 1.807) is 0 Å². The van der Waals surface area contributed by atoms with Crippen LogP contribution in [0.5, 0.6) is 0 Å². The molecule has 0 aliphatic carbocycles. The number of carboxylic acid groups (broad SMARTS) is 1. The van der Waals surface area contributed by atoms with Gasteiger partial charge in [0.15, 0.2) is 11.5 Å². The van der Waals surface area contributed by atoms with Gasteiger partial charge >= 0.3 is 5.97 Å². The number of carbonyl (C=O) groups is 1. The zero-order valence-electron chi connectivity index (χ0n) is 10.1. The molecule has 9 nitrogen and oxygen atoms in total. The summed E-state index contributed by atoms with van der Waals surface area (Å²) in [5, 5.41) is 8.98.